The lowest BCUT2D eigenvalue weighted by atomic mass is 9.77. The molecule has 4 nitrogen and oxygen atoms in total. The Balaban J connectivity index is 1.49. The summed E-state index contributed by atoms with van der Waals surface area (Å²) < 4.78 is 85.6. The number of piperidine rings is 1. The second kappa shape index (κ2) is 10.7. The molecule has 35 heavy (non-hydrogen) atoms. The molecule has 0 spiro atoms. The van der Waals surface area contributed by atoms with Gasteiger partial charge in [-0.25, -0.2) is 17.3 Å². The van der Waals surface area contributed by atoms with E-state index in [1.807, 2.05) is 0 Å². The minimum Gasteiger partial charge on any atom is -0.406 e. The highest BCUT2D eigenvalue weighted by molar-refractivity contribution is 7.84. The van der Waals surface area contributed by atoms with Crippen LogP contribution in [0.4, 0.5) is 27.6 Å². The van der Waals surface area contributed by atoms with E-state index in [1.54, 1.807) is 28.6 Å². The molecule has 1 aliphatic rings. The van der Waals surface area contributed by atoms with Crippen molar-refractivity contribution in [1.29, 1.82) is 0 Å². The maximum absolute atomic E-state index is 13.6. The molecule has 0 saturated carbocycles. The van der Waals surface area contributed by atoms with Crippen LogP contribution in [0.1, 0.15) is 29.9 Å². The zero-order valence-electron chi connectivity index (χ0n) is 18.5. The predicted molar refractivity (Wildman–Crippen MR) is 124 cm³/mol. The summed E-state index contributed by atoms with van der Waals surface area (Å²) in [5.74, 6) is -1.21. The largest absolute Gasteiger partial charge is 0.573 e. The van der Waals surface area contributed by atoms with Gasteiger partial charge in [-0.2, -0.15) is 0 Å². The first-order valence-electron chi connectivity index (χ1n) is 11.0. The molecule has 1 aliphatic heterocycles. The van der Waals surface area contributed by atoms with Crippen molar-refractivity contribution in [2.45, 2.75) is 25.1 Å². The van der Waals surface area contributed by atoms with Gasteiger partial charge in [-0.1, -0.05) is 24.3 Å². The van der Waals surface area contributed by atoms with Crippen molar-refractivity contribution in [2.24, 2.45) is 5.92 Å². The van der Waals surface area contributed by atoms with Crippen LogP contribution in [0, 0.1) is 17.6 Å². The summed E-state index contributed by atoms with van der Waals surface area (Å²) in [6.45, 7) is 1.01. The van der Waals surface area contributed by atoms with Crippen molar-refractivity contribution in [2.75, 3.05) is 17.8 Å². The van der Waals surface area contributed by atoms with E-state index in [1.165, 1.54) is 36.4 Å². The Kier molecular flexibility index (Phi) is 7.71. The van der Waals surface area contributed by atoms with Gasteiger partial charge in [0.15, 0.2) is 11.2 Å². The van der Waals surface area contributed by atoms with E-state index in [9.17, 15) is 26.2 Å². The second-order valence-corrected chi connectivity index (χ2v) is 9.51. The van der Waals surface area contributed by atoms with Gasteiger partial charge >= 0.3 is 6.36 Å². The lowest BCUT2D eigenvalue weighted by Crippen LogP contribution is -2.41. The Hall–Kier alpha value is -2.98. The molecule has 1 fully saturated rings. The molecule has 1 N–H and O–H groups in total. The molecule has 10 heteroatoms. The third kappa shape index (κ3) is 6.79. The molecule has 1 heterocycles. The summed E-state index contributed by atoms with van der Waals surface area (Å²) in [4.78, 5) is 0. The standard InChI is InChI=1S/C25H23F5N2O2S/c26-20-7-3-17(4-8-20)24(18-5-9-21(27)10-6-18)19-2-1-15-32(16-19)35(33)31-22-11-13-23(14-12-22)34-25(28,29)30/h3-14,19,24,31H,1-2,15-16H2/t19-,35?/m1/s1. The normalized spacial score (nSPS) is 17.8. The van der Waals surface area contributed by atoms with Gasteiger partial charge in [0.2, 0.25) is 0 Å². The number of rotatable bonds is 7. The van der Waals surface area contributed by atoms with Gasteiger partial charge in [-0.15, -0.1) is 13.2 Å². The Morgan fingerprint density at radius 1 is 0.886 bits per heavy atom. The Morgan fingerprint density at radius 2 is 1.43 bits per heavy atom. The third-order valence-electron chi connectivity index (χ3n) is 5.88. The quantitative estimate of drug-likeness (QED) is 0.374. The lowest BCUT2D eigenvalue weighted by molar-refractivity contribution is -0.274. The number of benzene rings is 3. The van der Waals surface area contributed by atoms with Crippen molar-refractivity contribution in [3.8, 4) is 5.75 Å². The number of anilines is 1. The fraction of sp³-hybridized carbons (Fsp3) is 0.280. The number of nitrogens with one attached hydrogen (secondary N) is 1. The van der Waals surface area contributed by atoms with Crippen LogP contribution >= 0.6 is 0 Å². The lowest BCUT2D eigenvalue weighted by Gasteiger charge is -2.36. The fourth-order valence-electron chi connectivity index (χ4n) is 4.36. The predicted octanol–water partition coefficient (Wildman–Crippen LogP) is 6.40. The van der Waals surface area contributed by atoms with Crippen LogP contribution in [0.25, 0.3) is 0 Å². The van der Waals surface area contributed by atoms with E-state index < -0.39 is 17.5 Å². The zero-order valence-corrected chi connectivity index (χ0v) is 19.3. The van der Waals surface area contributed by atoms with Gasteiger partial charge in [0, 0.05) is 24.7 Å². The minimum absolute atomic E-state index is 0.0213. The maximum Gasteiger partial charge on any atom is 0.573 e. The molecule has 1 saturated heterocycles. The summed E-state index contributed by atoms with van der Waals surface area (Å²) in [7, 11) is 0. The Morgan fingerprint density at radius 3 is 1.94 bits per heavy atom. The molecule has 0 bridgehead atoms. The molecule has 186 valence electrons. The van der Waals surface area contributed by atoms with Gasteiger partial charge in [-0.3, -0.25) is 4.72 Å². The van der Waals surface area contributed by atoms with E-state index >= 15 is 0 Å². The van der Waals surface area contributed by atoms with Gasteiger partial charge in [-0.05, 0) is 78.4 Å². The molecule has 4 rings (SSSR count). The molecule has 3 aromatic rings. The monoisotopic (exact) mass is 510 g/mol. The van der Waals surface area contributed by atoms with E-state index in [2.05, 4.69) is 9.46 Å². The van der Waals surface area contributed by atoms with Crippen LogP contribution in [-0.2, 0) is 11.2 Å². The first-order valence-corrected chi connectivity index (χ1v) is 12.1. The molecule has 1 unspecified atom stereocenters. The number of hydrogen-bond acceptors (Lipinski definition) is 2. The van der Waals surface area contributed by atoms with E-state index in [0.29, 0.717) is 18.8 Å². The van der Waals surface area contributed by atoms with Crippen molar-refractivity contribution in [3.63, 3.8) is 0 Å². The van der Waals surface area contributed by atoms with Gasteiger partial charge in [0.25, 0.3) is 0 Å². The molecule has 0 radical (unpaired) electrons. The van der Waals surface area contributed by atoms with E-state index in [-0.39, 0.29) is 29.2 Å². The van der Waals surface area contributed by atoms with Crippen molar-refractivity contribution in [3.05, 3.63) is 95.6 Å². The van der Waals surface area contributed by atoms with Crippen LogP contribution in [0.15, 0.2) is 72.8 Å². The van der Waals surface area contributed by atoms with Gasteiger partial charge in [0.1, 0.15) is 17.4 Å². The molecule has 0 aliphatic carbocycles. The topological polar surface area (TPSA) is 41.6 Å². The first kappa shape index (κ1) is 25.1. The summed E-state index contributed by atoms with van der Waals surface area (Å²) in [6.07, 6.45) is -3.20. The molecular weight excluding hydrogens is 487 g/mol. The SMILES string of the molecule is O=S(Nc1ccc(OC(F)(F)F)cc1)N1CCC[C@@H](C(c2ccc(F)cc2)c2ccc(F)cc2)C1. The Labute approximate surface area is 202 Å². The molecule has 0 aromatic heterocycles. The summed E-state index contributed by atoms with van der Waals surface area (Å²) in [5.41, 5.74) is 2.14. The number of ether oxygens (including phenoxy) is 1. The van der Waals surface area contributed by atoms with Crippen LogP contribution in [0.2, 0.25) is 0 Å². The average molecular weight is 511 g/mol. The summed E-state index contributed by atoms with van der Waals surface area (Å²) in [6, 6.07) is 17.4. The van der Waals surface area contributed by atoms with Gasteiger partial charge in [0.05, 0.1) is 0 Å². The van der Waals surface area contributed by atoms with Crippen molar-refractivity contribution >= 4 is 16.9 Å². The zero-order chi connectivity index (χ0) is 25.0. The van der Waals surface area contributed by atoms with Crippen molar-refractivity contribution in [1.82, 2.24) is 4.31 Å². The van der Waals surface area contributed by atoms with E-state index in [0.717, 1.165) is 36.1 Å². The highest BCUT2D eigenvalue weighted by Gasteiger charge is 2.32. The highest BCUT2D eigenvalue weighted by atomic mass is 32.2. The average Bonchev–Trinajstić information content (AvgIpc) is 2.82. The number of nitrogens with zero attached hydrogens (tertiary/aromatic N) is 1. The molecule has 2 atom stereocenters. The smallest absolute Gasteiger partial charge is 0.406 e. The first-order chi connectivity index (χ1) is 16.7. The number of alkyl halides is 3. The summed E-state index contributed by atoms with van der Waals surface area (Å²) >= 11 is -1.64. The second-order valence-electron chi connectivity index (χ2n) is 8.29. The molecule has 0 amide bonds. The van der Waals surface area contributed by atoms with Crippen LogP contribution in [-0.4, -0.2) is 28.0 Å². The van der Waals surface area contributed by atoms with Crippen LogP contribution in [0.3, 0.4) is 0 Å². The Bertz CT molecular complexity index is 1090. The van der Waals surface area contributed by atoms with E-state index in [4.69, 9.17) is 0 Å². The van der Waals surface area contributed by atoms with Crippen molar-refractivity contribution < 1.29 is 30.9 Å². The minimum atomic E-state index is -4.79. The number of hydrogen-bond donors (Lipinski definition) is 1. The van der Waals surface area contributed by atoms with Crippen LogP contribution < -0.4 is 9.46 Å². The summed E-state index contributed by atoms with van der Waals surface area (Å²) in [5, 5.41) is 0. The maximum atomic E-state index is 13.6. The fourth-order valence-corrected chi connectivity index (χ4v) is 5.45. The number of halogens is 5. The third-order valence-corrected chi connectivity index (χ3v) is 7.09. The highest BCUT2D eigenvalue weighted by Crippen LogP contribution is 2.38. The molecular formula is C25H23F5N2O2S. The molecule has 3 aromatic carbocycles. The van der Waals surface area contributed by atoms with Gasteiger partial charge < -0.3 is 4.74 Å². The van der Waals surface area contributed by atoms with Crippen LogP contribution in [0.5, 0.6) is 5.75 Å².